The molecule has 2 heterocycles. The lowest BCUT2D eigenvalue weighted by Gasteiger charge is -2.43. The lowest BCUT2D eigenvalue weighted by molar-refractivity contribution is 0.00414. The average molecular weight is 376 g/mol. The van der Waals surface area contributed by atoms with Gasteiger partial charge < -0.3 is 9.47 Å². The van der Waals surface area contributed by atoms with Crippen LogP contribution in [0.5, 0.6) is 5.75 Å². The van der Waals surface area contributed by atoms with Gasteiger partial charge in [-0.1, -0.05) is 23.8 Å². The predicted octanol–water partition coefficient (Wildman–Crippen LogP) is 5.15. The van der Waals surface area contributed by atoms with Gasteiger partial charge in [-0.2, -0.15) is 0 Å². The highest BCUT2D eigenvalue weighted by atomic mass is 16.5. The van der Waals surface area contributed by atoms with Crippen LogP contribution in [0, 0.1) is 13.8 Å². The molecule has 2 aliphatic heterocycles. The molecule has 3 nitrogen and oxygen atoms in total. The van der Waals surface area contributed by atoms with Crippen molar-refractivity contribution >= 4 is 21.5 Å². The molecule has 146 valence electrons. The van der Waals surface area contributed by atoms with Crippen LogP contribution in [-0.4, -0.2) is 37.8 Å². The van der Waals surface area contributed by atoms with Crippen molar-refractivity contribution < 1.29 is 9.47 Å². The first-order valence-electron chi connectivity index (χ1n) is 10.4. The van der Waals surface area contributed by atoms with E-state index in [-0.39, 0.29) is 0 Å². The van der Waals surface area contributed by atoms with Gasteiger partial charge in [0.15, 0.2) is 0 Å². The topological polar surface area (TPSA) is 21.7 Å². The van der Waals surface area contributed by atoms with Crippen molar-refractivity contribution in [1.29, 1.82) is 0 Å². The Bertz CT molecular complexity index is 1070. The van der Waals surface area contributed by atoms with Crippen molar-refractivity contribution in [3.8, 4) is 5.75 Å². The van der Waals surface area contributed by atoms with Gasteiger partial charge in [-0.05, 0) is 83.5 Å². The number of nitrogens with zero attached hydrogens (tertiary/aromatic N) is 1. The van der Waals surface area contributed by atoms with Gasteiger partial charge in [-0.25, -0.2) is 0 Å². The minimum absolute atomic E-state index is 0.397. The van der Waals surface area contributed by atoms with Gasteiger partial charge in [0.2, 0.25) is 0 Å². The highest BCUT2D eigenvalue weighted by molar-refractivity contribution is 6.11. The van der Waals surface area contributed by atoms with E-state index < -0.39 is 0 Å². The summed E-state index contributed by atoms with van der Waals surface area (Å²) in [5, 5.41) is 5.53. The van der Waals surface area contributed by atoms with E-state index in [2.05, 4.69) is 49.1 Å². The van der Waals surface area contributed by atoms with Crippen LogP contribution < -0.4 is 4.74 Å². The molecular weight excluding hydrogens is 346 g/mol. The summed E-state index contributed by atoms with van der Waals surface area (Å²) in [4.78, 5) is 2.68. The molecule has 2 atom stereocenters. The third kappa shape index (κ3) is 2.72. The van der Waals surface area contributed by atoms with Crippen molar-refractivity contribution in [1.82, 2.24) is 4.90 Å². The maximum Gasteiger partial charge on any atom is 0.122 e. The fourth-order valence-electron chi connectivity index (χ4n) is 5.40. The van der Waals surface area contributed by atoms with E-state index >= 15 is 0 Å². The third-order valence-corrected chi connectivity index (χ3v) is 6.94. The fourth-order valence-corrected chi connectivity index (χ4v) is 5.40. The Kier molecular flexibility index (Phi) is 4.33. The summed E-state index contributed by atoms with van der Waals surface area (Å²) >= 11 is 0. The molecule has 0 unspecified atom stereocenters. The van der Waals surface area contributed by atoms with E-state index in [1.54, 1.807) is 7.11 Å². The molecule has 0 N–H and O–H groups in total. The molecule has 0 amide bonds. The van der Waals surface area contributed by atoms with E-state index in [0.29, 0.717) is 12.1 Å². The molecule has 0 spiro atoms. The highest BCUT2D eigenvalue weighted by Crippen LogP contribution is 2.41. The molecule has 2 aliphatic rings. The molecule has 28 heavy (non-hydrogen) atoms. The van der Waals surface area contributed by atoms with Crippen molar-refractivity contribution in [2.45, 2.75) is 51.8 Å². The Labute approximate surface area is 167 Å². The third-order valence-electron chi connectivity index (χ3n) is 6.94. The SMILES string of the molecule is COc1cc2c3c(c4ccc(C)cc4c2cc1C)CN1CC[C@H](OC)C[C@@H]1C3. The summed E-state index contributed by atoms with van der Waals surface area (Å²) in [5.74, 6) is 0.988. The lowest BCUT2D eigenvalue weighted by atomic mass is 9.81. The van der Waals surface area contributed by atoms with E-state index in [0.717, 1.165) is 38.1 Å². The Morgan fingerprint density at radius 1 is 0.929 bits per heavy atom. The number of hydrogen-bond donors (Lipinski definition) is 0. The van der Waals surface area contributed by atoms with Crippen LogP contribution in [0.2, 0.25) is 0 Å². The Hall–Kier alpha value is -2.10. The first-order valence-corrected chi connectivity index (χ1v) is 10.4. The van der Waals surface area contributed by atoms with Gasteiger partial charge in [0.1, 0.15) is 5.75 Å². The van der Waals surface area contributed by atoms with Gasteiger partial charge in [0.25, 0.3) is 0 Å². The Morgan fingerprint density at radius 3 is 2.54 bits per heavy atom. The minimum atomic E-state index is 0.397. The second-order valence-corrected chi connectivity index (χ2v) is 8.58. The Morgan fingerprint density at radius 2 is 1.75 bits per heavy atom. The van der Waals surface area contributed by atoms with Gasteiger partial charge in [-0.15, -0.1) is 0 Å². The average Bonchev–Trinajstić information content (AvgIpc) is 2.71. The van der Waals surface area contributed by atoms with Crippen LogP contribution in [0.15, 0.2) is 30.3 Å². The van der Waals surface area contributed by atoms with Crippen LogP contribution in [0.3, 0.4) is 0 Å². The fraction of sp³-hybridized carbons (Fsp3) is 0.440. The van der Waals surface area contributed by atoms with E-state index in [1.807, 2.05) is 7.11 Å². The number of ether oxygens (including phenoxy) is 2. The summed E-state index contributed by atoms with van der Waals surface area (Å²) in [7, 11) is 3.63. The van der Waals surface area contributed by atoms with Gasteiger partial charge in [-0.3, -0.25) is 4.90 Å². The first-order chi connectivity index (χ1) is 13.6. The van der Waals surface area contributed by atoms with Crippen molar-refractivity contribution in [2.24, 2.45) is 0 Å². The number of methoxy groups -OCH3 is 2. The molecule has 3 aromatic rings. The zero-order chi connectivity index (χ0) is 19.4. The quantitative estimate of drug-likeness (QED) is 0.578. The summed E-state index contributed by atoms with van der Waals surface area (Å²) in [6, 6.07) is 12.1. The number of rotatable bonds is 2. The predicted molar refractivity (Wildman–Crippen MR) is 115 cm³/mol. The molecule has 0 bridgehead atoms. The second-order valence-electron chi connectivity index (χ2n) is 8.58. The van der Waals surface area contributed by atoms with E-state index in [1.165, 1.54) is 43.8 Å². The molecular formula is C25H29NO2. The summed E-state index contributed by atoms with van der Waals surface area (Å²) < 4.78 is 11.4. The summed E-state index contributed by atoms with van der Waals surface area (Å²) in [6.07, 6.45) is 3.77. The molecule has 0 aromatic heterocycles. The molecule has 0 radical (unpaired) electrons. The monoisotopic (exact) mass is 375 g/mol. The van der Waals surface area contributed by atoms with Crippen LogP contribution in [0.4, 0.5) is 0 Å². The standard InChI is InChI=1S/C25H29NO2/c1-15-5-6-19-20(9-15)21-10-16(2)25(28-4)13-23(21)22-12-17-11-18(27-3)7-8-26(17)14-24(19)22/h5-6,9-10,13,17-18H,7-8,11-12,14H2,1-4H3/t17-,18+/m1/s1. The van der Waals surface area contributed by atoms with Crippen molar-refractivity contribution in [3.63, 3.8) is 0 Å². The largest absolute Gasteiger partial charge is 0.496 e. The lowest BCUT2D eigenvalue weighted by Crippen LogP contribution is -2.48. The van der Waals surface area contributed by atoms with Gasteiger partial charge >= 0.3 is 0 Å². The Balaban J connectivity index is 1.78. The summed E-state index contributed by atoms with van der Waals surface area (Å²) in [6.45, 7) is 6.51. The molecule has 1 fully saturated rings. The highest BCUT2D eigenvalue weighted by Gasteiger charge is 2.34. The zero-order valence-corrected chi connectivity index (χ0v) is 17.3. The normalized spacial score (nSPS) is 22.3. The van der Waals surface area contributed by atoms with Crippen LogP contribution in [-0.2, 0) is 17.7 Å². The van der Waals surface area contributed by atoms with Gasteiger partial charge in [0.05, 0.1) is 13.2 Å². The number of hydrogen-bond acceptors (Lipinski definition) is 3. The minimum Gasteiger partial charge on any atom is -0.496 e. The number of fused-ring (bicyclic) bond motifs is 7. The first kappa shape index (κ1) is 18.0. The van der Waals surface area contributed by atoms with Crippen molar-refractivity contribution in [3.05, 3.63) is 52.6 Å². The molecule has 3 heteroatoms. The number of piperidine rings is 1. The summed E-state index contributed by atoms with van der Waals surface area (Å²) in [5.41, 5.74) is 5.55. The second kappa shape index (κ2) is 6.75. The molecule has 5 rings (SSSR count). The molecule has 3 aromatic carbocycles. The van der Waals surface area contributed by atoms with Crippen LogP contribution in [0.25, 0.3) is 21.5 Å². The van der Waals surface area contributed by atoms with Crippen LogP contribution in [0.1, 0.15) is 35.1 Å². The van der Waals surface area contributed by atoms with Crippen LogP contribution >= 0.6 is 0 Å². The smallest absolute Gasteiger partial charge is 0.122 e. The zero-order valence-electron chi connectivity index (χ0n) is 17.3. The maximum absolute atomic E-state index is 5.70. The maximum atomic E-state index is 5.70. The van der Waals surface area contributed by atoms with Gasteiger partial charge in [0, 0.05) is 26.2 Å². The molecule has 1 saturated heterocycles. The number of aryl methyl sites for hydroxylation is 2. The van der Waals surface area contributed by atoms with E-state index in [4.69, 9.17) is 9.47 Å². The number of benzene rings is 3. The molecule has 0 saturated carbocycles. The van der Waals surface area contributed by atoms with Crippen molar-refractivity contribution in [2.75, 3.05) is 20.8 Å². The van der Waals surface area contributed by atoms with E-state index in [9.17, 15) is 0 Å². The molecule has 0 aliphatic carbocycles.